The number of carbonyl (C=O) groups is 1. The highest BCUT2D eigenvalue weighted by Crippen LogP contribution is 2.19. The molecule has 0 atom stereocenters. The summed E-state index contributed by atoms with van der Waals surface area (Å²) in [6.07, 6.45) is 0. The molecule has 110 valence electrons. The molecule has 3 nitrogen and oxygen atoms in total. The fourth-order valence-electron chi connectivity index (χ4n) is 1.83. The summed E-state index contributed by atoms with van der Waals surface area (Å²) in [5.74, 6) is 0.656. The van der Waals surface area contributed by atoms with Crippen LogP contribution in [0, 0.1) is 6.92 Å². The zero-order chi connectivity index (χ0) is 15.2. The Kier molecular flexibility index (Phi) is 5.70. The van der Waals surface area contributed by atoms with Gasteiger partial charge >= 0.3 is 0 Å². The van der Waals surface area contributed by atoms with Gasteiger partial charge < -0.3 is 10.1 Å². The van der Waals surface area contributed by atoms with E-state index in [0.717, 1.165) is 15.8 Å². The number of thiol groups is 1. The van der Waals surface area contributed by atoms with E-state index < -0.39 is 0 Å². The molecule has 0 bridgehead atoms. The van der Waals surface area contributed by atoms with Crippen molar-refractivity contribution in [2.24, 2.45) is 0 Å². The highest BCUT2D eigenvalue weighted by Gasteiger charge is 2.09. The molecule has 0 radical (unpaired) electrons. The number of ether oxygens (including phenoxy) is 1. The Morgan fingerprint density at radius 1 is 1.29 bits per heavy atom. The minimum Gasteiger partial charge on any atom is -0.492 e. The van der Waals surface area contributed by atoms with Gasteiger partial charge in [-0.25, -0.2) is 0 Å². The van der Waals surface area contributed by atoms with Crippen LogP contribution in [0.1, 0.15) is 15.9 Å². The molecular weight excluding hydrogens is 350 g/mol. The molecule has 0 fully saturated rings. The van der Waals surface area contributed by atoms with Gasteiger partial charge in [0.1, 0.15) is 12.4 Å². The Bertz CT molecular complexity index is 646. The smallest absolute Gasteiger partial charge is 0.252 e. The molecule has 0 aliphatic carbocycles. The van der Waals surface area contributed by atoms with E-state index in [9.17, 15) is 4.79 Å². The van der Waals surface area contributed by atoms with Gasteiger partial charge in [0.05, 0.1) is 12.1 Å². The molecule has 2 aromatic carbocycles. The normalized spacial score (nSPS) is 10.2. The first-order valence-electron chi connectivity index (χ1n) is 6.52. The summed E-state index contributed by atoms with van der Waals surface area (Å²) >= 11 is 7.64. The van der Waals surface area contributed by atoms with Crippen LogP contribution in [0.3, 0.4) is 0 Å². The van der Waals surface area contributed by atoms with Crippen molar-refractivity contribution in [2.75, 3.05) is 13.2 Å². The van der Waals surface area contributed by atoms with Gasteiger partial charge in [-0.1, -0.05) is 28.1 Å². The molecule has 0 spiro atoms. The van der Waals surface area contributed by atoms with Crippen LogP contribution in [0.2, 0.25) is 0 Å². The van der Waals surface area contributed by atoms with Crippen molar-refractivity contribution < 1.29 is 9.53 Å². The van der Waals surface area contributed by atoms with Crippen molar-refractivity contribution >= 4 is 34.5 Å². The number of rotatable bonds is 5. The van der Waals surface area contributed by atoms with Crippen LogP contribution in [0.15, 0.2) is 51.8 Å². The second-order valence-electron chi connectivity index (χ2n) is 4.58. The molecule has 21 heavy (non-hydrogen) atoms. The average molecular weight is 366 g/mol. The summed E-state index contributed by atoms with van der Waals surface area (Å²) in [5, 5.41) is 2.82. The molecule has 0 saturated heterocycles. The van der Waals surface area contributed by atoms with Crippen molar-refractivity contribution in [1.29, 1.82) is 0 Å². The standard InChI is InChI=1S/C16H16BrNO2S/c1-11-3-2-4-13(9-11)20-8-7-18-16(19)14-6-5-12(17)10-15(14)21/h2-6,9-10,21H,7-8H2,1H3,(H,18,19). The number of aryl methyl sites for hydroxylation is 1. The lowest BCUT2D eigenvalue weighted by Gasteiger charge is -2.09. The average Bonchev–Trinajstić information content (AvgIpc) is 2.43. The number of carbonyl (C=O) groups excluding carboxylic acids is 1. The van der Waals surface area contributed by atoms with Gasteiger partial charge in [-0.3, -0.25) is 4.79 Å². The van der Waals surface area contributed by atoms with E-state index in [1.807, 2.05) is 37.3 Å². The Balaban J connectivity index is 1.82. The predicted octanol–water partition coefficient (Wildman–Crippen LogP) is 3.86. The zero-order valence-electron chi connectivity index (χ0n) is 11.6. The SMILES string of the molecule is Cc1cccc(OCCNC(=O)c2ccc(Br)cc2S)c1. The van der Waals surface area contributed by atoms with E-state index in [2.05, 4.69) is 33.9 Å². The van der Waals surface area contributed by atoms with E-state index in [4.69, 9.17) is 4.74 Å². The highest BCUT2D eigenvalue weighted by molar-refractivity contribution is 9.10. The van der Waals surface area contributed by atoms with Crippen molar-refractivity contribution in [3.05, 3.63) is 58.1 Å². The van der Waals surface area contributed by atoms with Crippen LogP contribution < -0.4 is 10.1 Å². The predicted molar refractivity (Wildman–Crippen MR) is 90.4 cm³/mol. The molecule has 0 heterocycles. The fraction of sp³-hybridized carbons (Fsp3) is 0.188. The van der Waals surface area contributed by atoms with E-state index in [0.29, 0.717) is 23.6 Å². The molecule has 2 rings (SSSR count). The summed E-state index contributed by atoms with van der Waals surface area (Å²) < 4.78 is 6.48. The molecular formula is C16H16BrNO2S. The summed E-state index contributed by atoms with van der Waals surface area (Å²) in [4.78, 5) is 12.7. The van der Waals surface area contributed by atoms with Gasteiger partial charge in [0, 0.05) is 9.37 Å². The van der Waals surface area contributed by atoms with Crippen LogP contribution in [-0.4, -0.2) is 19.1 Å². The molecule has 1 N–H and O–H groups in total. The third kappa shape index (κ3) is 4.79. The number of hydrogen-bond acceptors (Lipinski definition) is 3. The second-order valence-corrected chi connectivity index (χ2v) is 5.98. The Morgan fingerprint density at radius 2 is 2.10 bits per heavy atom. The molecule has 0 unspecified atom stereocenters. The number of nitrogens with one attached hydrogen (secondary N) is 1. The van der Waals surface area contributed by atoms with E-state index in [1.54, 1.807) is 12.1 Å². The quantitative estimate of drug-likeness (QED) is 0.623. The lowest BCUT2D eigenvalue weighted by atomic mass is 10.2. The van der Waals surface area contributed by atoms with Crippen molar-refractivity contribution in [2.45, 2.75) is 11.8 Å². The summed E-state index contributed by atoms with van der Waals surface area (Å²) in [6.45, 7) is 2.88. The third-order valence-corrected chi connectivity index (χ3v) is 3.71. The molecule has 5 heteroatoms. The number of amides is 1. The van der Waals surface area contributed by atoms with E-state index >= 15 is 0 Å². The molecule has 0 aliphatic heterocycles. The van der Waals surface area contributed by atoms with Gasteiger partial charge in [-0.05, 0) is 42.8 Å². The van der Waals surface area contributed by atoms with Crippen LogP contribution in [-0.2, 0) is 0 Å². The summed E-state index contributed by atoms with van der Waals surface area (Å²) in [5.41, 5.74) is 1.70. The summed E-state index contributed by atoms with van der Waals surface area (Å²) in [6, 6.07) is 13.2. The number of benzene rings is 2. The molecule has 0 saturated carbocycles. The lowest BCUT2D eigenvalue weighted by Crippen LogP contribution is -2.28. The zero-order valence-corrected chi connectivity index (χ0v) is 14.1. The molecule has 0 aliphatic rings. The fourth-order valence-corrected chi connectivity index (χ4v) is 2.68. The minimum absolute atomic E-state index is 0.152. The summed E-state index contributed by atoms with van der Waals surface area (Å²) in [7, 11) is 0. The maximum absolute atomic E-state index is 12.0. The van der Waals surface area contributed by atoms with Gasteiger partial charge in [0.2, 0.25) is 0 Å². The minimum atomic E-state index is -0.152. The molecule has 1 amide bonds. The molecule has 0 aromatic heterocycles. The number of hydrogen-bond donors (Lipinski definition) is 2. The number of halogens is 1. The van der Waals surface area contributed by atoms with E-state index in [-0.39, 0.29) is 5.91 Å². The maximum Gasteiger partial charge on any atom is 0.252 e. The topological polar surface area (TPSA) is 38.3 Å². The third-order valence-electron chi connectivity index (χ3n) is 2.85. The van der Waals surface area contributed by atoms with Crippen LogP contribution >= 0.6 is 28.6 Å². The lowest BCUT2D eigenvalue weighted by molar-refractivity contribution is 0.0944. The highest BCUT2D eigenvalue weighted by atomic mass is 79.9. The van der Waals surface area contributed by atoms with Gasteiger partial charge in [0.25, 0.3) is 5.91 Å². The maximum atomic E-state index is 12.0. The van der Waals surface area contributed by atoms with Crippen molar-refractivity contribution in [3.63, 3.8) is 0 Å². The Labute approximate surface area is 138 Å². The molecule has 2 aromatic rings. The first-order valence-corrected chi connectivity index (χ1v) is 7.76. The monoisotopic (exact) mass is 365 g/mol. The van der Waals surface area contributed by atoms with Crippen molar-refractivity contribution in [3.8, 4) is 5.75 Å². The first-order chi connectivity index (χ1) is 10.1. The Hall–Kier alpha value is -1.46. The van der Waals surface area contributed by atoms with Crippen LogP contribution in [0.4, 0.5) is 0 Å². The van der Waals surface area contributed by atoms with Gasteiger partial charge in [0.15, 0.2) is 0 Å². The van der Waals surface area contributed by atoms with E-state index in [1.165, 1.54) is 0 Å². The first kappa shape index (κ1) is 15.9. The van der Waals surface area contributed by atoms with Gasteiger partial charge in [-0.15, -0.1) is 12.6 Å². The van der Waals surface area contributed by atoms with Crippen LogP contribution in [0.25, 0.3) is 0 Å². The van der Waals surface area contributed by atoms with Gasteiger partial charge in [-0.2, -0.15) is 0 Å². The Morgan fingerprint density at radius 3 is 2.81 bits per heavy atom. The van der Waals surface area contributed by atoms with Crippen molar-refractivity contribution in [1.82, 2.24) is 5.32 Å². The second kappa shape index (κ2) is 7.52. The van der Waals surface area contributed by atoms with Crippen LogP contribution in [0.5, 0.6) is 5.75 Å². The largest absolute Gasteiger partial charge is 0.492 e.